The molecule has 1 aromatic carbocycles. The van der Waals surface area contributed by atoms with E-state index in [1.807, 2.05) is 12.1 Å². The second-order valence-electron chi connectivity index (χ2n) is 5.16. The Hall–Kier alpha value is -1.03. The molecule has 0 radical (unpaired) electrons. The van der Waals surface area contributed by atoms with E-state index in [1.165, 1.54) is 32.1 Å². The molecule has 1 fully saturated rings. The van der Waals surface area contributed by atoms with Gasteiger partial charge in [-0.1, -0.05) is 35.2 Å². The largest absolute Gasteiger partial charge is 0.439 e. The van der Waals surface area contributed by atoms with Crippen molar-refractivity contribution in [2.75, 3.05) is 5.73 Å². The Morgan fingerprint density at radius 1 is 1.28 bits per heavy atom. The summed E-state index contributed by atoms with van der Waals surface area (Å²) in [6.45, 7) is 0. The summed E-state index contributed by atoms with van der Waals surface area (Å²) in [5, 5.41) is 0. The summed E-state index contributed by atoms with van der Waals surface area (Å²) in [4.78, 5) is 4.55. The number of hydrogen-bond donors (Lipinski definition) is 1. The summed E-state index contributed by atoms with van der Waals surface area (Å²) in [6, 6.07) is 3.82. The summed E-state index contributed by atoms with van der Waals surface area (Å²) >= 11 is 3.43. The highest BCUT2D eigenvalue weighted by Crippen LogP contribution is 2.30. The molecule has 0 amide bonds. The standard InChI is InChI=1S/C14H17BrN2O/c15-10-7-11(16)14-12(8-10)17-13(18-14)6-9-4-2-1-3-5-9/h7-9H,1-6,16H2. The van der Waals surface area contributed by atoms with Crippen LogP contribution in [0.1, 0.15) is 38.0 Å². The zero-order chi connectivity index (χ0) is 12.5. The zero-order valence-electron chi connectivity index (χ0n) is 10.3. The van der Waals surface area contributed by atoms with Gasteiger partial charge in [-0.15, -0.1) is 0 Å². The molecule has 3 nitrogen and oxygen atoms in total. The van der Waals surface area contributed by atoms with E-state index < -0.39 is 0 Å². The van der Waals surface area contributed by atoms with Gasteiger partial charge in [0.05, 0.1) is 5.69 Å². The first-order valence-corrected chi connectivity index (χ1v) is 7.36. The number of nitrogens with two attached hydrogens (primary N) is 1. The number of nitrogen functional groups attached to an aromatic ring is 1. The number of anilines is 1. The van der Waals surface area contributed by atoms with Crippen molar-refractivity contribution in [3.05, 3.63) is 22.5 Å². The Morgan fingerprint density at radius 3 is 2.83 bits per heavy atom. The summed E-state index contributed by atoms with van der Waals surface area (Å²) in [5.74, 6) is 1.57. The monoisotopic (exact) mass is 308 g/mol. The molecule has 0 unspecified atom stereocenters. The lowest BCUT2D eigenvalue weighted by Crippen LogP contribution is -2.09. The molecule has 1 aliphatic rings. The molecule has 0 bridgehead atoms. The Bertz CT molecular complexity index is 558. The molecular weight excluding hydrogens is 292 g/mol. The first-order chi connectivity index (χ1) is 8.72. The first kappa shape index (κ1) is 12.0. The van der Waals surface area contributed by atoms with Gasteiger partial charge in [0.15, 0.2) is 11.5 Å². The fraction of sp³-hybridized carbons (Fsp3) is 0.500. The highest BCUT2D eigenvalue weighted by Gasteiger charge is 2.17. The average molecular weight is 309 g/mol. The Kier molecular flexibility index (Phi) is 3.29. The minimum atomic E-state index is 0.654. The number of hydrogen-bond acceptors (Lipinski definition) is 3. The average Bonchev–Trinajstić information content (AvgIpc) is 2.73. The molecule has 18 heavy (non-hydrogen) atoms. The predicted molar refractivity (Wildman–Crippen MR) is 76.4 cm³/mol. The molecule has 0 aliphatic heterocycles. The molecule has 3 rings (SSSR count). The van der Waals surface area contributed by atoms with Crippen molar-refractivity contribution >= 4 is 32.7 Å². The Morgan fingerprint density at radius 2 is 2.06 bits per heavy atom. The minimum Gasteiger partial charge on any atom is -0.439 e. The van der Waals surface area contributed by atoms with Crippen LogP contribution < -0.4 is 5.73 Å². The molecule has 1 heterocycles. The van der Waals surface area contributed by atoms with Crippen molar-refractivity contribution in [2.45, 2.75) is 38.5 Å². The number of halogens is 1. The van der Waals surface area contributed by atoms with Crippen molar-refractivity contribution in [1.82, 2.24) is 4.98 Å². The predicted octanol–water partition coefficient (Wildman–Crippen LogP) is 4.30. The van der Waals surface area contributed by atoms with Gasteiger partial charge < -0.3 is 10.2 Å². The van der Waals surface area contributed by atoms with Crippen molar-refractivity contribution in [3.8, 4) is 0 Å². The molecule has 2 aromatic rings. The molecule has 1 saturated carbocycles. The van der Waals surface area contributed by atoms with Crippen LogP contribution in [0, 0.1) is 5.92 Å². The maximum atomic E-state index is 5.94. The number of aromatic nitrogens is 1. The second-order valence-corrected chi connectivity index (χ2v) is 6.07. The zero-order valence-corrected chi connectivity index (χ0v) is 11.9. The number of fused-ring (bicyclic) bond motifs is 1. The van der Waals surface area contributed by atoms with Crippen LogP contribution in [0.2, 0.25) is 0 Å². The van der Waals surface area contributed by atoms with Crippen LogP contribution in [0.15, 0.2) is 21.0 Å². The van der Waals surface area contributed by atoms with E-state index in [1.54, 1.807) is 0 Å². The molecule has 0 saturated heterocycles. The van der Waals surface area contributed by atoms with E-state index in [4.69, 9.17) is 10.2 Å². The second kappa shape index (κ2) is 4.92. The normalized spacial score (nSPS) is 17.4. The van der Waals surface area contributed by atoms with Gasteiger partial charge in [0, 0.05) is 10.9 Å². The number of benzene rings is 1. The van der Waals surface area contributed by atoms with Gasteiger partial charge in [-0.25, -0.2) is 4.98 Å². The number of oxazole rings is 1. The van der Waals surface area contributed by atoms with Gasteiger partial charge in [0.2, 0.25) is 0 Å². The quantitative estimate of drug-likeness (QED) is 0.842. The fourth-order valence-electron chi connectivity index (χ4n) is 2.79. The van der Waals surface area contributed by atoms with Crippen molar-refractivity contribution in [1.29, 1.82) is 0 Å². The van der Waals surface area contributed by atoms with E-state index in [9.17, 15) is 0 Å². The molecule has 1 aliphatic carbocycles. The van der Waals surface area contributed by atoms with Crippen LogP contribution in [0.5, 0.6) is 0 Å². The van der Waals surface area contributed by atoms with Gasteiger partial charge in [-0.3, -0.25) is 0 Å². The van der Waals surface area contributed by atoms with Crippen molar-refractivity contribution in [3.63, 3.8) is 0 Å². The van der Waals surface area contributed by atoms with Gasteiger partial charge in [-0.05, 0) is 30.9 Å². The number of nitrogens with zero attached hydrogens (tertiary/aromatic N) is 1. The molecule has 2 N–H and O–H groups in total. The Labute approximate surface area is 115 Å². The van der Waals surface area contributed by atoms with Gasteiger partial charge in [-0.2, -0.15) is 0 Å². The van der Waals surface area contributed by atoms with E-state index in [-0.39, 0.29) is 0 Å². The third-order valence-electron chi connectivity index (χ3n) is 3.72. The smallest absolute Gasteiger partial charge is 0.195 e. The van der Waals surface area contributed by atoms with Crippen molar-refractivity contribution < 1.29 is 4.42 Å². The SMILES string of the molecule is Nc1cc(Br)cc2nc(CC3CCCCC3)oc12. The summed E-state index contributed by atoms with van der Waals surface area (Å²) in [5.41, 5.74) is 8.17. The van der Waals surface area contributed by atoms with Crippen LogP contribution in [0.4, 0.5) is 5.69 Å². The fourth-order valence-corrected chi connectivity index (χ4v) is 3.26. The van der Waals surface area contributed by atoms with E-state index in [0.29, 0.717) is 5.69 Å². The summed E-state index contributed by atoms with van der Waals surface area (Å²) < 4.78 is 6.75. The summed E-state index contributed by atoms with van der Waals surface area (Å²) in [6.07, 6.45) is 7.63. The van der Waals surface area contributed by atoms with Gasteiger partial charge in [0.25, 0.3) is 0 Å². The van der Waals surface area contributed by atoms with Crippen LogP contribution in [-0.4, -0.2) is 4.98 Å². The third kappa shape index (κ3) is 2.39. The molecule has 0 atom stereocenters. The van der Waals surface area contributed by atoms with E-state index in [2.05, 4.69) is 20.9 Å². The maximum Gasteiger partial charge on any atom is 0.195 e. The molecule has 96 valence electrons. The molecular formula is C14H17BrN2O. The van der Waals surface area contributed by atoms with Gasteiger partial charge in [0.1, 0.15) is 5.52 Å². The highest BCUT2D eigenvalue weighted by molar-refractivity contribution is 9.10. The van der Waals surface area contributed by atoms with Crippen LogP contribution >= 0.6 is 15.9 Å². The van der Waals surface area contributed by atoms with E-state index in [0.717, 1.165) is 33.8 Å². The van der Waals surface area contributed by atoms with Crippen LogP contribution in [-0.2, 0) is 6.42 Å². The first-order valence-electron chi connectivity index (χ1n) is 6.57. The van der Waals surface area contributed by atoms with Gasteiger partial charge >= 0.3 is 0 Å². The number of rotatable bonds is 2. The van der Waals surface area contributed by atoms with Crippen LogP contribution in [0.3, 0.4) is 0 Å². The molecule has 4 heteroatoms. The van der Waals surface area contributed by atoms with E-state index >= 15 is 0 Å². The van der Waals surface area contributed by atoms with Crippen molar-refractivity contribution in [2.24, 2.45) is 5.92 Å². The highest BCUT2D eigenvalue weighted by atomic mass is 79.9. The summed E-state index contributed by atoms with van der Waals surface area (Å²) in [7, 11) is 0. The molecule has 0 spiro atoms. The lowest BCUT2D eigenvalue weighted by atomic mass is 9.87. The maximum absolute atomic E-state index is 5.94. The molecule has 1 aromatic heterocycles. The topological polar surface area (TPSA) is 52.0 Å². The minimum absolute atomic E-state index is 0.654. The Balaban J connectivity index is 1.86. The van der Waals surface area contributed by atoms with Crippen LogP contribution in [0.25, 0.3) is 11.1 Å². The lowest BCUT2D eigenvalue weighted by molar-refractivity contribution is 0.333. The third-order valence-corrected chi connectivity index (χ3v) is 4.17. The lowest BCUT2D eigenvalue weighted by Gasteiger charge is -2.19.